The molecular weight excluding hydrogens is 382 g/mol. The van der Waals surface area contributed by atoms with E-state index in [-0.39, 0.29) is 11.6 Å². The van der Waals surface area contributed by atoms with E-state index in [2.05, 4.69) is 42.0 Å². The van der Waals surface area contributed by atoms with Crippen molar-refractivity contribution in [2.24, 2.45) is 0 Å². The molecule has 0 atom stereocenters. The van der Waals surface area contributed by atoms with E-state index >= 15 is 0 Å². The van der Waals surface area contributed by atoms with Crippen molar-refractivity contribution >= 4 is 50.6 Å². The number of carbonyl (C=O) groups is 1. The second-order valence-corrected chi connectivity index (χ2v) is 5.88. The van der Waals surface area contributed by atoms with Crippen molar-refractivity contribution in [3.63, 3.8) is 0 Å². The van der Waals surface area contributed by atoms with Crippen molar-refractivity contribution in [2.75, 3.05) is 10.6 Å². The van der Waals surface area contributed by atoms with Crippen molar-refractivity contribution in [3.05, 3.63) is 63.7 Å². The van der Waals surface area contributed by atoms with Gasteiger partial charge in [0.05, 0.1) is 5.69 Å². The predicted molar refractivity (Wildman–Crippen MR) is 93.2 cm³/mol. The molecule has 0 unspecified atom stereocenters. The number of amides is 1. The maximum atomic E-state index is 12.4. The summed E-state index contributed by atoms with van der Waals surface area (Å²) >= 11 is 9.23. The highest BCUT2D eigenvalue weighted by molar-refractivity contribution is 9.10. The van der Waals surface area contributed by atoms with E-state index in [0.29, 0.717) is 16.5 Å². The molecule has 0 aliphatic rings. The summed E-state index contributed by atoms with van der Waals surface area (Å²) in [5.41, 5.74) is 1.56. The molecule has 0 radical (unpaired) electrons. The van der Waals surface area contributed by atoms with E-state index in [0.717, 1.165) is 10.2 Å². The lowest BCUT2D eigenvalue weighted by Crippen LogP contribution is -2.14. The highest BCUT2D eigenvalue weighted by atomic mass is 79.9. The van der Waals surface area contributed by atoms with Crippen molar-refractivity contribution in [1.29, 1.82) is 0 Å². The minimum absolute atomic E-state index is 0.163. The van der Waals surface area contributed by atoms with Gasteiger partial charge in [0.15, 0.2) is 11.5 Å². The second-order valence-electron chi connectivity index (χ2n) is 4.59. The number of rotatable bonds is 4. The number of halogens is 2. The molecule has 1 heterocycles. The van der Waals surface area contributed by atoms with Gasteiger partial charge in [-0.25, -0.2) is 0 Å². The Kier molecular flexibility index (Phi) is 4.59. The van der Waals surface area contributed by atoms with Gasteiger partial charge in [-0.15, -0.1) is 10.2 Å². The molecule has 0 aliphatic heterocycles. The molecule has 23 heavy (non-hydrogen) atoms. The van der Waals surface area contributed by atoms with Crippen molar-refractivity contribution in [3.8, 4) is 0 Å². The normalized spacial score (nSPS) is 10.3. The average molecular weight is 393 g/mol. The number of carbonyl (C=O) groups excluding carboxylic acids is 1. The van der Waals surface area contributed by atoms with Gasteiger partial charge in [-0.05, 0) is 52.3 Å². The van der Waals surface area contributed by atoms with E-state index in [1.54, 1.807) is 30.3 Å². The zero-order valence-corrected chi connectivity index (χ0v) is 14.0. The van der Waals surface area contributed by atoms with E-state index in [9.17, 15) is 4.79 Å². The molecule has 2 aromatic carbocycles. The number of benzene rings is 2. The summed E-state index contributed by atoms with van der Waals surface area (Å²) in [5, 5.41) is 16.8. The van der Waals surface area contributed by atoms with E-state index in [1.165, 1.54) is 0 Å². The number of aromatic amines is 1. The van der Waals surface area contributed by atoms with Gasteiger partial charge >= 0.3 is 0 Å². The first-order chi connectivity index (χ1) is 11.1. The smallest absolute Gasteiger partial charge is 0.280 e. The van der Waals surface area contributed by atoms with Crippen LogP contribution in [0.1, 0.15) is 10.5 Å². The molecule has 0 saturated heterocycles. The Morgan fingerprint density at radius 3 is 2.57 bits per heavy atom. The highest BCUT2D eigenvalue weighted by Gasteiger charge is 2.17. The second kappa shape index (κ2) is 6.80. The molecule has 1 amide bonds. The van der Waals surface area contributed by atoms with Crippen LogP contribution in [0.25, 0.3) is 0 Å². The fraction of sp³-hybridized carbons (Fsp3) is 0. The molecule has 8 heteroatoms. The summed E-state index contributed by atoms with van der Waals surface area (Å²) in [6.07, 6.45) is 0. The largest absolute Gasteiger partial charge is 0.337 e. The van der Waals surface area contributed by atoms with Crippen LogP contribution in [0, 0.1) is 0 Å². The fourth-order valence-corrected chi connectivity index (χ4v) is 2.40. The van der Waals surface area contributed by atoms with Crippen LogP contribution < -0.4 is 10.6 Å². The van der Waals surface area contributed by atoms with Crippen molar-refractivity contribution in [2.45, 2.75) is 0 Å². The lowest BCUT2D eigenvalue weighted by Gasteiger charge is -2.07. The van der Waals surface area contributed by atoms with Gasteiger partial charge in [0, 0.05) is 15.2 Å². The van der Waals surface area contributed by atoms with Crippen LogP contribution in [-0.4, -0.2) is 21.3 Å². The monoisotopic (exact) mass is 391 g/mol. The first-order valence-corrected chi connectivity index (χ1v) is 7.80. The third kappa shape index (κ3) is 3.69. The first kappa shape index (κ1) is 15.5. The first-order valence-electron chi connectivity index (χ1n) is 6.63. The minimum atomic E-state index is -0.373. The Bertz CT molecular complexity index is 834. The Morgan fingerprint density at radius 1 is 1.09 bits per heavy atom. The van der Waals surface area contributed by atoms with Crippen LogP contribution in [0.15, 0.2) is 53.0 Å². The molecule has 0 bridgehead atoms. The van der Waals surface area contributed by atoms with E-state index in [4.69, 9.17) is 11.6 Å². The summed E-state index contributed by atoms with van der Waals surface area (Å²) in [4.78, 5) is 12.4. The molecule has 6 nitrogen and oxygen atoms in total. The topological polar surface area (TPSA) is 82.7 Å². The van der Waals surface area contributed by atoms with Gasteiger partial charge in [0.2, 0.25) is 0 Å². The van der Waals surface area contributed by atoms with Gasteiger partial charge in [-0.1, -0.05) is 23.7 Å². The minimum Gasteiger partial charge on any atom is -0.337 e. The maximum absolute atomic E-state index is 12.4. The standard InChI is InChI=1S/C15H11BrClN5O/c16-11-3-1-2-4-12(11)19-15(23)13-14(21-22-20-13)18-10-7-5-9(17)6-8-10/h1-8H,(H,19,23)(H2,18,20,21,22). The predicted octanol–water partition coefficient (Wildman–Crippen LogP) is 4.22. The van der Waals surface area contributed by atoms with Gasteiger partial charge in [-0.2, -0.15) is 5.21 Å². The van der Waals surface area contributed by atoms with Gasteiger partial charge < -0.3 is 10.6 Å². The summed E-state index contributed by atoms with van der Waals surface area (Å²) in [6, 6.07) is 14.4. The third-order valence-corrected chi connectivity index (χ3v) is 3.94. The summed E-state index contributed by atoms with van der Waals surface area (Å²) < 4.78 is 0.782. The van der Waals surface area contributed by atoms with Crippen LogP contribution in [0.4, 0.5) is 17.2 Å². The Morgan fingerprint density at radius 2 is 1.83 bits per heavy atom. The van der Waals surface area contributed by atoms with Gasteiger partial charge in [0.1, 0.15) is 0 Å². The van der Waals surface area contributed by atoms with Crippen LogP contribution in [0.5, 0.6) is 0 Å². The molecule has 1 aromatic heterocycles. The van der Waals surface area contributed by atoms with E-state index < -0.39 is 0 Å². The lowest BCUT2D eigenvalue weighted by atomic mass is 10.3. The van der Waals surface area contributed by atoms with Crippen LogP contribution in [0.3, 0.4) is 0 Å². The molecule has 116 valence electrons. The lowest BCUT2D eigenvalue weighted by molar-refractivity contribution is 0.102. The third-order valence-electron chi connectivity index (χ3n) is 2.99. The molecule has 0 aliphatic carbocycles. The zero-order valence-electron chi connectivity index (χ0n) is 11.7. The Hall–Kier alpha value is -2.38. The number of anilines is 3. The molecule has 3 aromatic rings. The number of H-pyrrole nitrogens is 1. The number of nitrogens with zero attached hydrogens (tertiary/aromatic N) is 2. The van der Waals surface area contributed by atoms with Crippen molar-refractivity contribution < 1.29 is 4.79 Å². The Balaban J connectivity index is 1.79. The van der Waals surface area contributed by atoms with Crippen LogP contribution in [0.2, 0.25) is 5.02 Å². The van der Waals surface area contributed by atoms with E-state index in [1.807, 2.05) is 18.2 Å². The molecule has 3 N–H and O–H groups in total. The average Bonchev–Trinajstić information content (AvgIpc) is 3.00. The number of hydrogen-bond acceptors (Lipinski definition) is 4. The molecule has 3 rings (SSSR count). The van der Waals surface area contributed by atoms with Crippen LogP contribution in [-0.2, 0) is 0 Å². The number of aromatic nitrogens is 3. The maximum Gasteiger partial charge on any atom is 0.280 e. The SMILES string of the molecule is O=C(Nc1ccccc1Br)c1n[nH]nc1Nc1ccc(Cl)cc1. The summed E-state index contributed by atoms with van der Waals surface area (Å²) in [7, 11) is 0. The van der Waals surface area contributed by atoms with Gasteiger partial charge in [0.25, 0.3) is 5.91 Å². The van der Waals surface area contributed by atoms with Crippen molar-refractivity contribution in [1.82, 2.24) is 15.4 Å². The molecule has 0 saturated carbocycles. The van der Waals surface area contributed by atoms with Gasteiger partial charge in [-0.3, -0.25) is 4.79 Å². The quantitative estimate of drug-likeness (QED) is 0.621. The number of nitrogens with one attached hydrogen (secondary N) is 3. The number of para-hydroxylation sites is 1. The summed E-state index contributed by atoms with van der Waals surface area (Å²) in [6.45, 7) is 0. The zero-order chi connectivity index (χ0) is 16.2. The fourth-order valence-electron chi connectivity index (χ4n) is 1.89. The summed E-state index contributed by atoms with van der Waals surface area (Å²) in [5.74, 6) is -0.0426. The highest BCUT2D eigenvalue weighted by Crippen LogP contribution is 2.23. The molecule has 0 fully saturated rings. The number of hydrogen-bond donors (Lipinski definition) is 3. The van der Waals surface area contributed by atoms with Crippen LogP contribution >= 0.6 is 27.5 Å². The molecule has 0 spiro atoms. The Labute approximate surface area is 145 Å². The molecular formula is C15H11BrClN5O.